The van der Waals surface area contributed by atoms with Crippen LogP contribution in [0.3, 0.4) is 0 Å². The molecule has 94 valence electrons. The lowest BCUT2D eigenvalue weighted by Crippen LogP contribution is -2.15. The number of carbonyl (C=O) groups excluding carboxylic acids is 1. The van der Waals surface area contributed by atoms with Crippen LogP contribution in [0.1, 0.15) is 34.8 Å². The summed E-state index contributed by atoms with van der Waals surface area (Å²) in [5.41, 5.74) is -4.11. The SMILES string of the molecule is CC(=O)c1c(C(F)F)cc(F)cc1C(F)(F)F. The minimum absolute atomic E-state index is 0.0304. The number of hydrogen-bond donors (Lipinski definition) is 0. The van der Waals surface area contributed by atoms with Gasteiger partial charge < -0.3 is 0 Å². The van der Waals surface area contributed by atoms with Crippen molar-refractivity contribution in [3.63, 3.8) is 0 Å². The van der Waals surface area contributed by atoms with E-state index in [-0.39, 0.29) is 12.1 Å². The van der Waals surface area contributed by atoms with Gasteiger partial charge in [0.1, 0.15) is 5.82 Å². The van der Waals surface area contributed by atoms with Crippen molar-refractivity contribution in [1.82, 2.24) is 0 Å². The first kappa shape index (κ1) is 13.5. The van der Waals surface area contributed by atoms with E-state index in [4.69, 9.17) is 0 Å². The van der Waals surface area contributed by atoms with Gasteiger partial charge in [0, 0.05) is 11.1 Å². The minimum atomic E-state index is -5.06. The van der Waals surface area contributed by atoms with E-state index in [2.05, 4.69) is 0 Å². The van der Waals surface area contributed by atoms with Crippen molar-refractivity contribution in [3.05, 3.63) is 34.6 Å². The monoisotopic (exact) mass is 256 g/mol. The number of hydrogen-bond acceptors (Lipinski definition) is 1. The smallest absolute Gasteiger partial charge is 0.294 e. The number of alkyl halides is 5. The van der Waals surface area contributed by atoms with Crippen molar-refractivity contribution < 1.29 is 31.1 Å². The topological polar surface area (TPSA) is 17.1 Å². The summed E-state index contributed by atoms with van der Waals surface area (Å²) < 4.78 is 75.1. The van der Waals surface area contributed by atoms with Crippen LogP contribution in [0.4, 0.5) is 26.3 Å². The van der Waals surface area contributed by atoms with Gasteiger partial charge >= 0.3 is 6.18 Å². The third-order valence-corrected chi connectivity index (χ3v) is 2.03. The van der Waals surface area contributed by atoms with Crippen LogP contribution in [0.5, 0.6) is 0 Å². The maximum absolute atomic E-state index is 12.8. The predicted octanol–water partition coefficient (Wildman–Crippen LogP) is 3.98. The first-order valence-corrected chi connectivity index (χ1v) is 4.34. The highest BCUT2D eigenvalue weighted by Gasteiger charge is 2.37. The van der Waals surface area contributed by atoms with Gasteiger partial charge in [0.2, 0.25) is 0 Å². The predicted molar refractivity (Wildman–Crippen MR) is 46.4 cm³/mol. The lowest BCUT2D eigenvalue weighted by Gasteiger charge is -2.14. The van der Waals surface area contributed by atoms with Crippen molar-refractivity contribution in [2.24, 2.45) is 0 Å². The molecule has 0 unspecified atom stereocenters. The summed E-state index contributed by atoms with van der Waals surface area (Å²) in [5, 5.41) is 0. The zero-order valence-corrected chi connectivity index (χ0v) is 8.41. The number of Topliss-reactive ketones (excluding diaryl/α,β-unsaturated/α-hetero) is 1. The molecule has 1 aromatic carbocycles. The molecule has 0 fully saturated rings. The molecular weight excluding hydrogens is 250 g/mol. The summed E-state index contributed by atoms with van der Waals surface area (Å²) in [5.74, 6) is -2.65. The Kier molecular flexibility index (Phi) is 3.49. The third kappa shape index (κ3) is 2.78. The highest BCUT2D eigenvalue weighted by molar-refractivity contribution is 5.97. The van der Waals surface area contributed by atoms with E-state index in [1.807, 2.05) is 0 Å². The fourth-order valence-corrected chi connectivity index (χ4v) is 1.42. The number of benzene rings is 1. The van der Waals surface area contributed by atoms with E-state index in [0.717, 1.165) is 0 Å². The Morgan fingerprint density at radius 3 is 2.12 bits per heavy atom. The maximum Gasteiger partial charge on any atom is 0.417 e. The molecule has 0 radical (unpaired) electrons. The molecule has 0 spiro atoms. The Bertz CT molecular complexity index is 449. The fourth-order valence-electron chi connectivity index (χ4n) is 1.42. The van der Waals surface area contributed by atoms with Gasteiger partial charge in [-0.05, 0) is 19.1 Å². The molecule has 0 aliphatic rings. The second kappa shape index (κ2) is 4.38. The van der Waals surface area contributed by atoms with Crippen molar-refractivity contribution in [1.29, 1.82) is 0 Å². The summed E-state index contributed by atoms with van der Waals surface area (Å²) >= 11 is 0. The average Bonchev–Trinajstić information content (AvgIpc) is 2.14. The Morgan fingerprint density at radius 1 is 1.24 bits per heavy atom. The molecule has 0 aliphatic carbocycles. The van der Waals surface area contributed by atoms with E-state index in [0.29, 0.717) is 6.92 Å². The van der Waals surface area contributed by atoms with Crippen LogP contribution in [0, 0.1) is 5.82 Å². The molecule has 0 N–H and O–H groups in total. The quantitative estimate of drug-likeness (QED) is 0.577. The summed E-state index contributed by atoms with van der Waals surface area (Å²) in [7, 11) is 0. The van der Waals surface area contributed by atoms with E-state index in [9.17, 15) is 31.1 Å². The Labute approximate surface area is 92.0 Å². The van der Waals surface area contributed by atoms with Gasteiger partial charge in [0.25, 0.3) is 6.43 Å². The zero-order valence-electron chi connectivity index (χ0n) is 8.41. The first-order valence-electron chi connectivity index (χ1n) is 4.34. The number of halogens is 6. The van der Waals surface area contributed by atoms with Gasteiger partial charge in [0.15, 0.2) is 5.78 Å². The fraction of sp³-hybridized carbons (Fsp3) is 0.300. The van der Waals surface area contributed by atoms with Crippen LogP contribution in [-0.2, 0) is 6.18 Å². The molecule has 0 heterocycles. The normalized spacial score (nSPS) is 12.0. The van der Waals surface area contributed by atoms with E-state index in [1.165, 1.54) is 0 Å². The first-order chi connectivity index (χ1) is 7.64. The van der Waals surface area contributed by atoms with Crippen molar-refractivity contribution in [3.8, 4) is 0 Å². The summed E-state index contributed by atoms with van der Waals surface area (Å²) in [4.78, 5) is 11.0. The average molecular weight is 256 g/mol. The zero-order chi connectivity index (χ0) is 13.4. The molecule has 0 atom stereocenters. The number of rotatable bonds is 2. The van der Waals surface area contributed by atoms with Gasteiger partial charge in [0.05, 0.1) is 5.56 Å². The van der Waals surface area contributed by atoms with Gasteiger partial charge in [-0.1, -0.05) is 0 Å². The second-order valence-corrected chi connectivity index (χ2v) is 3.27. The standard InChI is InChI=1S/C10H6F6O/c1-4(17)8-6(9(12)13)2-5(11)3-7(8)10(14,15)16/h2-3,9H,1H3. The Morgan fingerprint density at radius 2 is 1.76 bits per heavy atom. The van der Waals surface area contributed by atoms with Gasteiger partial charge in [-0.2, -0.15) is 13.2 Å². The number of carbonyl (C=O) groups is 1. The van der Waals surface area contributed by atoms with E-state index in [1.54, 1.807) is 0 Å². The Balaban J connectivity index is 3.64. The van der Waals surface area contributed by atoms with Crippen molar-refractivity contribution in [2.45, 2.75) is 19.5 Å². The van der Waals surface area contributed by atoms with Crippen LogP contribution >= 0.6 is 0 Å². The molecular formula is C10H6F6O. The van der Waals surface area contributed by atoms with Crippen molar-refractivity contribution >= 4 is 5.78 Å². The molecule has 1 rings (SSSR count). The third-order valence-electron chi connectivity index (χ3n) is 2.03. The lowest BCUT2D eigenvalue weighted by atomic mass is 9.97. The molecule has 0 bridgehead atoms. The highest BCUT2D eigenvalue weighted by atomic mass is 19.4. The molecule has 1 nitrogen and oxygen atoms in total. The van der Waals surface area contributed by atoms with Crippen LogP contribution in [-0.4, -0.2) is 5.78 Å². The van der Waals surface area contributed by atoms with Gasteiger partial charge in [-0.15, -0.1) is 0 Å². The Hall–Kier alpha value is -1.53. The van der Waals surface area contributed by atoms with Crippen LogP contribution in [0.25, 0.3) is 0 Å². The lowest BCUT2D eigenvalue weighted by molar-refractivity contribution is -0.138. The molecule has 17 heavy (non-hydrogen) atoms. The minimum Gasteiger partial charge on any atom is -0.294 e. The molecule has 1 aromatic rings. The second-order valence-electron chi connectivity index (χ2n) is 3.27. The summed E-state index contributed by atoms with van der Waals surface area (Å²) in [6.07, 6.45) is -8.42. The van der Waals surface area contributed by atoms with Gasteiger partial charge in [-0.3, -0.25) is 4.79 Å². The largest absolute Gasteiger partial charge is 0.417 e. The molecule has 0 amide bonds. The summed E-state index contributed by atoms with van der Waals surface area (Å²) in [6.45, 7) is 0.717. The maximum atomic E-state index is 12.8. The molecule has 0 aromatic heterocycles. The highest BCUT2D eigenvalue weighted by Crippen LogP contribution is 2.37. The van der Waals surface area contributed by atoms with Crippen molar-refractivity contribution in [2.75, 3.05) is 0 Å². The molecule has 0 aliphatic heterocycles. The van der Waals surface area contributed by atoms with Crippen LogP contribution < -0.4 is 0 Å². The molecule has 0 saturated heterocycles. The van der Waals surface area contributed by atoms with Gasteiger partial charge in [-0.25, -0.2) is 13.2 Å². The van der Waals surface area contributed by atoms with Crippen LogP contribution in [0.2, 0.25) is 0 Å². The molecule has 0 saturated carbocycles. The van der Waals surface area contributed by atoms with E-state index >= 15 is 0 Å². The summed E-state index contributed by atoms with van der Waals surface area (Å²) in [6, 6.07) is 0.263. The number of ketones is 1. The van der Waals surface area contributed by atoms with E-state index < -0.39 is 40.9 Å². The molecule has 7 heteroatoms. The van der Waals surface area contributed by atoms with Crippen LogP contribution in [0.15, 0.2) is 12.1 Å².